The lowest BCUT2D eigenvalue weighted by Gasteiger charge is -2.06. The van der Waals surface area contributed by atoms with Gasteiger partial charge in [0.05, 0.1) is 12.1 Å². The molecule has 0 atom stereocenters. The molecule has 1 aromatic heterocycles. The lowest BCUT2D eigenvalue weighted by molar-refractivity contribution is 0.344. The van der Waals surface area contributed by atoms with Crippen LogP contribution in [0.25, 0.3) is 10.9 Å². The Morgan fingerprint density at radius 3 is 3.00 bits per heavy atom. The second kappa shape index (κ2) is 3.54. The minimum atomic E-state index is 0.656. The first kappa shape index (κ1) is 8.81. The topological polar surface area (TPSA) is 48.1 Å². The maximum absolute atomic E-state index is 5.67. The molecule has 0 radical (unpaired) electrons. The molecule has 0 spiro atoms. The van der Waals surface area contributed by atoms with Crippen molar-refractivity contribution in [3.63, 3.8) is 0 Å². The van der Waals surface area contributed by atoms with E-state index in [-0.39, 0.29) is 0 Å². The fraction of sp³-hybridized carbons (Fsp3) is 0.182. The van der Waals surface area contributed by atoms with Gasteiger partial charge in [-0.15, -0.1) is 0 Å². The highest BCUT2D eigenvalue weighted by Gasteiger charge is 2.01. The lowest BCUT2D eigenvalue weighted by atomic mass is 10.2. The minimum absolute atomic E-state index is 0.656. The zero-order valence-corrected chi connectivity index (χ0v) is 8.03. The van der Waals surface area contributed by atoms with E-state index in [0.717, 1.165) is 22.3 Å². The summed E-state index contributed by atoms with van der Waals surface area (Å²) in [6.07, 6.45) is 1.73. The van der Waals surface area contributed by atoms with Crippen molar-refractivity contribution in [2.24, 2.45) is 0 Å². The quantitative estimate of drug-likeness (QED) is 0.735. The van der Waals surface area contributed by atoms with E-state index in [1.165, 1.54) is 0 Å². The van der Waals surface area contributed by atoms with Crippen LogP contribution < -0.4 is 10.5 Å². The molecule has 0 fully saturated rings. The number of nitrogens with zero attached hydrogens (tertiary/aromatic N) is 1. The van der Waals surface area contributed by atoms with Crippen molar-refractivity contribution in [3.8, 4) is 5.75 Å². The number of aromatic nitrogens is 1. The number of nitrogen functional groups attached to an aromatic ring is 1. The molecule has 2 rings (SSSR count). The SMILES string of the molecule is CCOc1ccnc2cc(N)ccc12. The number of ether oxygens (including phenoxy) is 1. The normalized spacial score (nSPS) is 10.4. The van der Waals surface area contributed by atoms with Crippen molar-refractivity contribution in [3.05, 3.63) is 30.5 Å². The van der Waals surface area contributed by atoms with Crippen LogP contribution >= 0.6 is 0 Å². The molecule has 1 aromatic carbocycles. The third-order valence-electron chi connectivity index (χ3n) is 2.03. The van der Waals surface area contributed by atoms with Gasteiger partial charge in [-0.2, -0.15) is 0 Å². The van der Waals surface area contributed by atoms with Crippen LogP contribution in [0.5, 0.6) is 5.75 Å². The largest absolute Gasteiger partial charge is 0.493 e. The molecule has 0 aliphatic heterocycles. The number of anilines is 1. The summed E-state index contributed by atoms with van der Waals surface area (Å²) >= 11 is 0. The molecule has 0 saturated heterocycles. The summed E-state index contributed by atoms with van der Waals surface area (Å²) in [6.45, 7) is 2.62. The van der Waals surface area contributed by atoms with Crippen LogP contribution in [-0.4, -0.2) is 11.6 Å². The van der Waals surface area contributed by atoms with Crippen LogP contribution in [0, 0.1) is 0 Å². The van der Waals surface area contributed by atoms with E-state index >= 15 is 0 Å². The number of benzene rings is 1. The van der Waals surface area contributed by atoms with Gasteiger partial charge in [0, 0.05) is 17.3 Å². The molecule has 72 valence electrons. The van der Waals surface area contributed by atoms with E-state index in [2.05, 4.69) is 4.98 Å². The van der Waals surface area contributed by atoms with Crippen molar-refractivity contribution < 1.29 is 4.74 Å². The van der Waals surface area contributed by atoms with Gasteiger partial charge in [-0.25, -0.2) is 0 Å². The van der Waals surface area contributed by atoms with Gasteiger partial charge < -0.3 is 10.5 Å². The predicted molar refractivity (Wildman–Crippen MR) is 57.3 cm³/mol. The molecule has 14 heavy (non-hydrogen) atoms. The molecule has 0 unspecified atom stereocenters. The summed E-state index contributed by atoms with van der Waals surface area (Å²) in [6, 6.07) is 7.50. The summed E-state index contributed by atoms with van der Waals surface area (Å²) in [5, 5.41) is 1.00. The zero-order chi connectivity index (χ0) is 9.97. The van der Waals surface area contributed by atoms with Gasteiger partial charge in [-0.05, 0) is 31.2 Å². The average molecular weight is 188 g/mol. The van der Waals surface area contributed by atoms with E-state index in [0.29, 0.717) is 6.61 Å². The van der Waals surface area contributed by atoms with Gasteiger partial charge in [0.1, 0.15) is 5.75 Å². The van der Waals surface area contributed by atoms with Gasteiger partial charge in [-0.1, -0.05) is 0 Å². The second-order valence-electron chi connectivity index (χ2n) is 3.02. The Kier molecular flexibility index (Phi) is 2.23. The van der Waals surface area contributed by atoms with Crippen molar-refractivity contribution in [2.75, 3.05) is 12.3 Å². The average Bonchev–Trinajstić information content (AvgIpc) is 2.18. The molecule has 3 heteroatoms. The molecular weight excluding hydrogens is 176 g/mol. The first-order valence-corrected chi connectivity index (χ1v) is 4.58. The number of nitrogens with two attached hydrogens (primary N) is 1. The zero-order valence-electron chi connectivity index (χ0n) is 8.03. The summed E-state index contributed by atoms with van der Waals surface area (Å²) in [5.74, 6) is 0.859. The first-order valence-electron chi connectivity index (χ1n) is 4.58. The third-order valence-corrected chi connectivity index (χ3v) is 2.03. The van der Waals surface area contributed by atoms with Crippen molar-refractivity contribution in [1.82, 2.24) is 4.98 Å². The van der Waals surface area contributed by atoms with Crippen molar-refractivity contribution >= 4 is 16.6 Å². The Morgan fingerprint density at radius 2 is 2.21 bits per heavy atom. The molecule has 3 nitrogen and oxygen atoms in total. The second-order valence-corrected chi connectivity index (χ2v) is 3.02. The molecule has 1 heterocycles. The van der Waals surface area contributed by atoms with Gasteiger partial charge in [0.25, 0.3) is 0 Å². The molecule has 2 aromatic rings. The monoisotopic (exact) mass is 188 g/mol. The van der Waals surface area contributed by atoms with Crippen LogP contribution in [-0.2, 0) is 0 Å². The number of pyridine rings is 1. The molecule has 0 saturated carbocycles. The molecule has 0 bridgehead atoms. The van der Waals surface area contributed by atoms with Crippen LogP contribution in [0.1, 0.15) is 6.92 Å². The van der Waals surface area contributed by atoms with Crippen LogP contribution in [0.3, 0.4) is 0 Å². The molecular formula is C11H12N2O. The summed E-state index contributed by atoms with van der Waals surface area (Å²) < 4.78 is 5.48. The smallest absolute Gasteiger partial charge is 0.130 e. The van der Waals surface area contributed by atoms with Crippen LogP contribution in [0.2, 0.25) is 0 Å². The molecule has 0 aliphatic carbocycles. The van der Waals surface area contributed by atoms with Gasteiger partial charge >= 0.3 is 0 Å². The number of fused-ring (bicyclic) bond motifs is 1. The van der Waals surface area contributed by atoms with E-state index < -0.39 is 0 Å². The maximum atomic E-state index is 5.67. The Labute approximate surface area is 82.5 Å². The summed E-state index contributed by atoms with van der Waals surface area (Å²) in [5.41, 5.74) is 7.26. The van der Waals surface area contributed by atoms with Crippen LogP contribution in [0.4, 0.5) is 5.69 Å². The standard InChI is InChI=1S/C11H12N2O/c1-2-14-11-5-6-13-10-7-8(12)3-4-9(10)11/h3-7H,2,12H2,1H3. The van der Waals surface area contributed by atoms with Gasteiger partial charge in [0.15, 0.2) is 0 Å². The summed E-state index contributed by atoms with van der Waals surface area (Å²) in [4.78, 5) is 4.22. The maximum Gasteiger partial charge on any atom is 0.130 e. The van der Waals surface area contributed by atoms with E-state index in [4.69, 9.17) is 10.5 Å². The number of hydrogen-bond donors (Lipinski definition) is 1. The fourth-order valence-corrected chi connectivity index (χ4v) is 1.42. The van der Waals surface area contributed by atoms with Crippen molar-refractivity contribution in [1.29, 1.82) is 0 Å². The predicted octanol–water partition coefficient (Wildman–Crippen LogP) is 2.22. The van der Waals surface area contributed by atoms with E-state index in [1.807, 2.05) is 31.2 Å². The fourth-order valence-electron chi connectivity index (χ4n) is 1.42. The van der Waals surface area contributed by atoms with Crippen LogP contribution in [0.15, 0.2) is 30.5 Å². The highest BCUT2D eigenvalue weighted by molar-refractivity contribution is 5.87. The molecule has 2 N–H and O–H groups in total. The minimum Gasteiger partial charge on any atom is -0.493 e. The Bertz CT molecular complexity index is 454. The van der Waals surface area contributed by atoms with Gasteiger partial charge in [-0.3, -0.25) is 4.98 Å². The number of hydrogen-bond acceptors (Lipinski definition) is 3. The Morgan fingerprint density at radius 1 is 1.36 bits per heavy atom. The van der Waals surface area contributed by atoms with Crippen molar-refractivity contribution in [2.45, 2.75) is 6.92 Å². The lowest BCUT2D eigenvalue weighted by Crippen LogP contribution is -1.93. The third kappa shape index (κ3) is 1.48. The highest BCUT2D eigenvalue weighted by Crippen LogP contribution is 2.24. The number of rotatable bonds is 2. The molecule has 0 aliphatic rings. The highest BCUT2D eigenvalue weighted by atomic mass is 16.5. The first-order chi connectivity index (χ1) is 6.81. The van der Waals surface area contributed by atoms with E-state index in [9.17, 15) is 0 Å². The summed E-state index contributed by atoms with van der Waals surface area (Å²) in [7, 11) is 0. The Balaban J connectivity index is 2.62. The van der Waals surface area contributed by atoms with Gasteiger partial charge in [0.2, 0.25) is 0 Å². The van der Waals surface area contributed by atoms with E-state index in [1.54, 1.807) is 6.20 Å². The molecule has 0 amide bonds. The Hall–Kier alpha value is -1.77.